The van der Waals surface area contributed by atoms with Crippen molar-refractivity contribution in [1.29, 1.82) is 0 Å². The van der Waals surface area contributed by atoms with E-state index in [-0.39, 0.29) is 33.2 Å². The van der Waals surface area contributed by atoms with Gasteiger partial charge in [-0.2, -0.15) is 0 Å². The van der Waals surface area contributed by atoms with Crippen molar-refractivity contribution in [3.05, 3.63) is 82.0 Å². The predicted molar refractivity (Wildman–Crippen MR) is 104 cm³/mol. The fraction of sp³-hybridized carbons (Fsp3) is 0.100. The Kier molecular flexibility index (Phi) is 5.23. The van der Waals surface area contributed by atoms with Gasteiger partial charge >= 0.3 is 5.63 Å². The van der Waals surface area contributed by atoms with Crippen molar-refractivity contribution in [3.63, 3.8) is 0 Å². The first-order chi connectivity index (χ1) is 12.9. The third kappa shape index (κ3) is 4.32. The van der Waals surface area contributed by atoms with Crippen LogP contribution in [0.15, 0.2) is 74.5 Å². The van der Waals surface area contributed by atoms with Crippen LogP contribution in [-0.2, 0) is 9.84 Å². The molecule has 138 valence electrons. The van der Waals surface area contributed by atoms with Crippen molar-refractivity contribution < 1.29 is 17.9 Å². The van der Waals surface area contributed by atoms with Crippen LogP contribution in [0.2, 0.25) is 0 Å². The lowest BCUT2D eigenvalue weighted by molar-refractivity contribution is 0.437. The number of benzene rings is 2. The third-order valence-corrected chi connectivity index (χ3v) is 5.59. The molecule has 0 unspecified atom stereocenters. The number of fused-ring (bicyclic) bond motifs is 1. The van der Waals surface area contributed by atoms with Gasteiger partial charge in [0.2, 0.25) is 0 Å². The van der Waals surface area contributed by atoms with Gasteiger partial charge in [-0.05, 0) is 29.8 Å². The number of allylic oxidation sites excluding steroid dienone is 1. The van der Waals surface area contributed by atoms with Crippen molar-refractivity contribution >= 4 is 33.1 Å². The van der Waals surface area contributed by atoms with Crippen LogP contribution in [0.3, 0.4) is 0 Å². The molecule has 0 radical (unpaired) electrons. The number of aliphatic hydroxyl groups excluding tert-OH is 1. The van der Waals surface area contributed by atoms with Crippen LogP contribution < -0.4 is 5.63 Å². The molecule has 0 amide bonds. The predicted octanol–water partition coefficient (Wildman–Crippen LogP) is 3.59. The number of sulfone groups is 1. The zero-order chi connectivity index (χ0) is 19.4. The zero-order valence-corrected chi connectivity index (χ0v) is 15.3. The molecular formula is C20H17NO5S. The van der Waals surface area contributed by atoms with Crippen molar-refractivity contribution in [2.24, 2.45) is 0 Å². The van der Waals surface area contributed by atoms with Crippen LogP contribution in [0.4, 0.5) is 0 Å². The van der Waals surface area contributed by atoms with Gasteiger partial charge in [0.25, 0.3) is 0 Å². The SMILES string of the molecule is CCS(=O)(=O)c1ccc2oc(=O)c(/C=C(\O)C=Cc3ccccc3)nc2c1. The molecule has 0 aliphatic carbocycles. The lowest BCUT2D eigenvalue weighted by Crippen LogP contribution is -2.08. The molecular weight excluding hydrogens is 366 g/mol. The van der Waals surface area contributed by atoms with Crippen LogP contribution >= 0.6 is 0 Å². The van der Waals surface area contributed by atoms with Crippen molar-refractivity contribution in [3.8, 4) is 0 Å². The molecule has 0 bridgehead atoms. The molecule has 3 rings (SSSR count). The molecule has 6 nitrogen and oxygen atoms in total. The molecule has 1 heterocycles. The van der Waals surface area contributed by atoms with Gasteiger partial charge in [0.1, 0.15) is 11.3 Å². The zero-order valence-electron chi connectivity index (χ0n) is 14.5. The molecule has 0 aliphatic rings. The van der Waals surface area contributed by atoms with E-state index in [1.807, 2.05) is 30.3 Å². The van der Waals surface area contributed by atoms with Crippen molar-refractivity contribution in [2.45, 2.75) is 11.8 Å². The average molecular weight is 383 g/mol. The van der Waals surface area contributed by atoms with Crippen LogP contribution in [-0.4, -0.2) is 24.3 Å². The van der Waals surface area contributed by atoms with E-state index in [4.69, 9.17) is 4.42 Å². The molecule has 0 fully saturated rings. The molecule has 0 saturated carbocycles. The average Bonchev–Trinajstić information content (AvgIpc) is 2.67. The summed E-state index contributed by atoms with van der Waals surface area (Å²) < 4.78 is 29.2. The van der Waals surface area contributed by atoms with Crippen LogP contribution in [0, 0.1) is 0 Å². The highest BCUT2D eigenvalue weighted by Gasteiger charge is 2.14. The summed E-state index contributed by atoms with van der Waals surface area (Å²) >= 11 is 0. The van der Waals surface area contributed by atoms with Gasteiger partial charge in [-0.1, -0.05) is 43.3 Å². The van der Waals surface area contributed by atoms with Gasteiger partial charge in [0.15, 0.2) is 21.1 Å². The highest BCUT2D eigenvalue weighted by molar-refractivity contribution is 7.91. The Morgan fingerprint density at radius 1 is 1.19 bits per heavy atom. The van der Waals surface area contributed by atoms with E-state index in [1.165, 1.54) is 30.4 Å². The molecule has 0 saturated heterocycles. The summed E-state index contributed by atoms with van der Waals surface area (Å²) in [6.45, 7) is 1.54. The fourth-order valence-electron chi connectivity index (χ4n) is 2.38. The molecule has 0 spiro atoms. The molecule has 2 aromatic carbocycles. The van der Waals surface area contributed by atoms with E-state index >= 15 is 0 Å². The molecule has 1 aromatic heterocycles. The minimum atomic E-state index is -3.41. The Balaban J connectivity index is 1.99. The van der Waals surface area contributed by atoms with Gasteiger partial charge in [-0.3, -0.25) is 0 Å². The maximum atomic E-state index is 12.1. The summed E-state index contributed by atoms with van der Waals surface area (Å²) in [4.78, 5) is 16.3. The number of hydrogen-bond acceptors (Lipinski definition) is 6. The van der Waals surface area contributed by atoms with Gasteiger partial charge < -0.3 is 9.52 Å². The molecule has 0 aliphatic heterocycles. The second-order valence-electron chi connectivity index (χ2n) is 5.73. The molecule has 0 atom stereocenters. The quantitative estimate of drug-likeness (QED) is 0.534. The molecule has 27 heavy (non-hydrogen) atoms. The maximum Gasteiger partial charge on any atom is 0.362 e. The fourth-order valence-corrected chi connectivity index (χ4v) is 3.28. The third-order valence-electron chi connectivity index (χ3n) is 3.85. The van der Waals surface area contributed by atoms with Gasteiger partial charge in [-0.25, -0.2) is 18.2 Å². The van der Waals surface area contributed by atoms with E-state index in [2.05, 4.69) is 4.98 Å². The first-order valence-corrected chi connectivity index (χ1v) is 9.86. The van der Waals surface area contributed by atoms with E-state index < -0.39 is 15.5 Å². The maximum absolute atomic E-state index is 12.1. The van der Waals surface area contributed by atoms with E-state index in [9.17, 15) is 18.3 Å². The van der Waals surface area contributed by atoms with Crippen LogP contribution in [0.1, 0.15) is 18.2 Å². The minimum Gasteiger partial charge on any atom is -0.508 e. The summed E-state index contributed by atoms with van der Waals surface area (Å²) in [7, 11) is -3.41. The second-order valence-corrected chi connectivity index (χ2v) is 8.01. The van der Waals surface area contributed by atoms with Crippen molar-refractivity contribution in [1.82, 2.24) is 4.98 Å². The van der Waals surface area contributed by atoms with E-state index in [0.29, 0.717) is 0 Å². The summed E-state index contributed by atoms with van der Waals surface area (Å²) in [5, 5.41) is 10.0. The largest absolute Gasteiger partial charge is 0.508 e. The Morgan fingerprint density at radius 3 is 2.63 bits per heavy atom. The van der Waals surface area contributed by atoms with Crippen LogP contribution in [0.25, 0.3) is 23.3 Å². The first-order valence-electron chi connectivity index (χ1n) is 8.20. The minimum absolute atomic E-state index is 0.0485. The lowest BCUT2D eigenvalue weighted by atomic mass is 10.2. The molecule has 7 heteroatoms. The van der Waals surface area contributed by atoms with E-state index in [0.717, 1.165) is 5.56 Å². The topological polar surface area (TPSA) is 97.5 Å². The Bertz CT molecular complexity index is 1190. The van der Waals surface area contributed by atoms with Gasteiger partial charge in [0.05, 0.1) is 10.6 Å². The number of nitrogens with zero attached hydrogens (tertiary/aromatic N) is 1. The van der Waals surface area contributed by atoms with E-state index in [1.54, 1.807) is 13.0 Å². The summed E-state index contributed by atoms with van der Waals surface area (Å²) in [6.07, 6.45) is 4.28. The monoisotopic (exact) mass is 383 g/mol. The smallest absolute Gasteiger partial charge is 0.362 e. The van der Waals surface area contributed by atoms with Gasteiger partial charge in [-0.15, -0.1) is 0 Å². The Hall–Kier alpha value is -3.19. The van der Waals surface area contributed by atoms with Crippen molar-refractivity contribution in [2.75, 3.05) is 5.75 Å². The first kappa shape index (κ1) is 18.6. The Labute approximate surface area is 156 Å². The highest BCUT2D eigenvalue weighted by Crippen LogP contribution is 2.18. The van der Waals surface area contributed by atoms with Gasteiger partial charge in [0, 0.05) is 6.08 Å². The number of aromatic nitrogens is 1. The standard InChI is InChI=1S/C20H17NO5S/c1-2-27(24,25)16-10-11-19-17(13-16)21-18(20(23)26-19)12-15(22)9-8-14-6-4-3-5-7-14/h3-13,22H,2H2,1H3/b9-8?,15-12-. The Morgan fingerprint density at radius 2 is 1.93 bits per heavy atom. The molecule has 1 N–H and O–H groups in total. The lowest BCUT2D eigenvalue weighted by Gasteiger charge is -2.03. The highest BCUT2D eigenvalue weighted by atomic mass is 32.2. The normalized spacial score (nSPS) is 12.7. The number of hydrogen-bond donors (Lipinski definition) is 1. The molecule has 3 aromatic rings. The number of rotatable bonds is 5. The summed E-state index contributed by atoms with van der Waals surface area (Å²) in [5.74, 6) is -0.233. The summed E-state index contributed by atoms with van der Waals surface area (Å²) in [6, 6.07) is 13.5. The number of aliphatic hydroxyl groups is 1. The van der Waals surface area contributed by atoms with Crippen LogP contribution in [0.5, 0.6) is 0 Å². The second kappa shape index (κ2) is 7.59. The summed E-state index contributed by atoms with van der Waals surface area (Å²) in [5.41, 5.74) is 0.420.